The van der Waals surface area contributed by atoms with Crippen molar-refractivity contribution >= 4 is 17.7 Å². The molecule has 5 nitrogen and oxygen atoms in total. The summed E-state index contributed by atoms with van der Waals surface area (Å²) in [6.07, 6.45) is 3.50. The van der Waals surface area contributed by atoms with E-state index >= 15 is 0 Å². The molecule has 0 aromatic heterocycles. The first-order valence-corrected chi connectivity index (χ1v) is 8.00. The first-order valence-electron chi connectivity index (χ1n) is 8.00. The molecule has 124 valence electrons. The molecule has 2 rings (SSSR count). The van der Waals surface area contributed by atoms with Gasteiger partial charge in [0, 0.05) is 32.0 Å². The van der Waals surface area contributed by atoms with E-state index in [-0.39, 0.29) is 31.1 Å². The van der Waals surface area contributed by atoms with Gasteiger partial charge < -0.3 is 10.0 Å². The molecule has 0 spiro atoms. The van der Waals surface area contributed by atoms with Gasteiger partial charge in [-0.25, -0.2) is 0 Å². The number of Topliss-reactive ketones (excluding diaryl/α,β-unsaturated/α-hetero) is 1. The SMILES string of the molecule is CC(CN(C)C(=O)CCC(=O)c1ccc2c(c1)CCC2)C(=O)O. The van der Waals surface area contributed by atoms with Gasteiger partial charge in [-0.2, -0.15) is 0 Å². The maximum atomic E-state index is 12.2. The third-order valence-corrected chi connectivity index (χ3v) is 4.38. The van der Waals surface area contributed by atoms with Crippen LogP contribution >= 0.6 is 0 Å². The molecule has 1 unspecified atom stereocenters. The first kappa shape index (κ1) is 17.2. The highest BCUT2D eigenvalue weighted by molar-refractivity contribution is 5.98. The number of ketones is 1. The van der Waals surface area contributed by atoms with Crippen LogP contribution in [0.2, 0.25) is 0 Å². The number of hydrogen-bond acceptors (Lipinski definition) is 3. The average Bonchev–Trinajstić information content (AvgIpc) is 2.99. The zero-order chi connectivity index (χ0) is 17.0. The first-order chi connectivity index (χ1) is 10.9. The van der Waals surface area contributed by atoms with Gasteiger partial charge in [-0.3, -0.25) is 14.4 Å². The van der Waals surface area contributed by atoms with Crippen LogP contribution in [0.1, 0.15) is 47.7 Å². The van der Waals surface area contributed by atoms with Crippen LogP contribution in [0.4, 0.5) is 0 Å². The molecule has 0 saturated heterocycles. The molecule has 1 aliphatic rings. The van der Waals surface area contributed by atoms with Crippen molar-refractivity contribution in [1.82, 2.24) is 4.90 Å². The Morgan fingerprint density at radius 3 is 2.57 bits per heavy atom. The highest BCUT2D eigenvalue weighted by atomic mass is 16.4. The number of carbonyl (C=O) groups is 3. The number of hydrogen-bond donors (Lipinski definition) is 1. The fourth-order valence-corrected chi connectivity index (χ4v) is 2.89. The van der Waals surface area contributed by atoms with E-state index in [0.717, 1.165) is 19.3 Å². The highest BCUT2D eigenvalue weighted by Gasteiger charge is 2.19. The summed E-state index contributed by atoms with van der Waals surface area (Å²) >= 11 is 0. The predicted molar refractivity (Wildman–Crippen MR) is 86.5 cm³/mol. The Morgan fingerprint density at radius 1 is 1.17 bits per heavy atom. The second-order valence-electron chi connectivity index (χ2n) is 6.27. The van der Waals surface area contributed by atoms with E-state index in [1.54, 1.807) is 14.0 Å². The number of carboxylic acids is 1. The number of aryl methyl sites for hydroxylation is 2. The largest absolute Gasteiger partial charge is 0.481 e. The minimum atomic E-state index is -0.932. The number of rotatable bonds is 7. The Labute approximate surface area is 136 Å². The molecule has 1 aromatic carbocycles. The molecule has 0 aliphatic heterocycles. The normalized spacial score (nSPS) is 14.2. The predicted octanol–water partition coefficient (Wildman–Crippen LogP) is 2.32. The smallest absolute Gasteiger partial charge is 0.308 e. The summed E-state index contributed by atoms with van der Waals surface area (Å²) in [7, 11) is 1.57. The maximum absolute atomic E-state index is 12.2. The molecule has 5 heteroatoms. The number of aliphatic carboxylic acids is 1. The van der Waals surface area contributed by atoms with Crippen LogP contribution in [0, 0.1) is 5.92 Å². The van der Waals surface area contributed by atoms with Gasteiger partial charge in [0.2, 0.25) is 5.91 Å². The van der Waals surface area contributed by atoms with Gasteiger partial charge in [-0.05, 0) is 36.5 Å². The second-order valence-corrected chi connectivity index (χ2v) is 6.27. The van der Waals surface area contributed by atoms with Crippen LogP contribution in [0.15, 0.2) is 18.2 Å². The van der Waals surface area contributed by atoms with Crippen molar-refractivity contribution in [2.45, 2.75) is 39.0 Å². The quantitative estimate of drug-likeness (QED) is 0.783. The minimum absolute atomic E-state index is 0.0345. The zero-order valence-electron chi connectivity index (χ0n) is 13.7. The van der Waals surface area contributed by atoms with Gasteiger partial charge in [-0.1, -0.05) is 19.1 Å². The monoisotopic (exact) mass is 317 g/mol. The van der Waals surface area contributed by atoms with Gasteiger partial charge in [-0.15, -0.1) is 0 Å². The van der Waals surface area contributed by atoms with Crippen molar-refractivity contribution in [3.63, 3.8) is 0 Å². The summed E-state index contributed by atoms with van der Waals surface area (Å²) in [6.45, 7) is 1.71. The molecule has 0 saturated carbocycles. The summed E-state index contributed by atoms with van der Waals surface area (Å²) in [4.78, 5) is 36.4. The third kappa shape index (κ3) is 4.41. The number of carbonyl (C=O) groups excluding carboxylic acids is 2. The lowest BCUT2D eigenvalue weighted by Gasteiger charge is -2.19. The van der Waals surface area contributed by atoms with Gasteiger partial charge in [0.05, 0.1) is 5.92 Å². The molecule has 23 heavy (non-hydrogen) atoms. The summed E-state index contributed by atoms with van der Waals surface area (Å²) in [5.74, 6) is -1.78. The van der Waals surface area contributed by atoms with E-state index < -0.39 is 11.9 Å². The maximum Gasteiger partial charge on any atom is 0.308 e. The lowest BCUT2D eigenvalue weighted by Crippen LogP contribution is -2.33. The molecule has 1 aromatic rings. The van der Waals surface area contributed by atoms with Gasteiger partial charge in [0.1, 0.15) is 0 Å². The molecule has 0 heterocycles. The minimum Gasteiger partial charge on any atom is -0.481 e. The van der Waals surface area contributed by atoms with Crippen molar-refractivity contribution < 1.29 is 19.5 Å². The van der Waals surface area contributed by atoms with E-state index in [0.29, 0.717) is 5.56 Å². The average molecular weight is 317 g/mol. The van der Waals surface area contributed by atoms with Gasteiger partial charge in [0.25, 0.3) is 0 Å². The second kappa shape index (κ2) is 7.40. The van der Waals surface area contributed by atoms with Crippen LogP contribution in [0.3, 0.4) is 0 Å². The molecule has 0 bridgehead atoms. The van der Waals surface area contributed by atoms with Crippen molar-refractivity contribution in [1.29, 1.82) is 0 Å². The van der Waals surface area contributed by atoms with E-state index in [9.17, 15) is 14.4 Å². The Morgan fingerprint density at radius 2 is 1.87 bits per heavy atom. The Kier molecular flexibility index (Phi) is 5.53. The summed E-state index contributed by atoms with van der Waals surface area (Å²) in [5, 5.41) is 8.86. The number of benzene rings is 1. The molecule has 1 aliphatic carbocycles. The number of nitrogens with zero attached hydrogens (tertiary/aromatic N) is 1. The van der Waals surface area contributed by atoms with Crippen LogP contribution in [-0.2, 0) is 22.4 Å². The van der Waals surface area contributed by atoms with Crippen molar-refractivity contribution in [3.05, 3.63) is 34.9 Å². The Hall–Kier alpha value is -2.17. The Bertz CT molecular complexity index is 623. The van der Waals surface area contributed by atoms with Crippen LogP contribution in [0.25, 0.3) is 0 Å². The third-order valence-electron chi connectivity index (χ3n) is 4.38. The fraction of sp³-hybridized carbons (Fsp3) is 0.500. The van der Waals surface area contributed by atoms with Crippen LogP contribution in [-0.4, -0.2) is 41.3 Å². The molecule has 1 amide bonds. The van der Waals surface area contributed by atoms with Crippen LogP contribution in [0.5, 0.6) is 0 Å². The van der Waals surface area contributed by atoms with Gasteiger partial charge in [0.15, 0.2) is 5.78 Å². The van der Waals surface area contributed by atoms with Crippen molar-refractivity contribution in [2.75, 3.05) is 13.6 Å². The molecule has 0 fully saturated rings. The molecule has 1 N–H and O–H groups in total. The standard InChI is InChI=1S/C18H23NO4/c1-12(18(22)23)11-19(2)17(21)9-8-16(20)15-7-6-13-4-3-5-14(13)10-15/h6-7,10,12H,3-5,8-9,11H2,1-2H3,(H,22,23). The number of fused-ring (bicyclic) bond motifs is 1. The molecule has 1 atom stereocenters. The lowest BCUT2D eigenvalue weighted by atomic mass is 10.0. The van der Waals surface area contributed by atoms with E-state index in [1.807, 2.05) is 18.2 Å². The molecular weight excluding hydrogens is 294 g/mol. The lowest BCUT2D eigenvalue weighted by molar-refractivity contribution is -0.142. The summed E-state index contributed by atoms with van der Waals surface area (Å²) in [5.41, 5.74) is 3.23. The number of amides is 1. The highest BCUT2D eigenvalue weighted by Crippen LogP contribution is 2.23. The van der Waals surface area contributed by atoms with Crippen molar-refractivity contribution in [2.24, 2.45) is 5.92 Å². The van der Waals surface area contributed by atoms with Gasteiger partial charge >= 0.3 is 5.97 Å². The molecule has 0 radical (unpaired) electrons. The Balaban J connectivity index is 1.86. The van der Waals surface area contributed by atoms with E-state index in [2.05, 4.69) is 0 Å². The summed E-state index contributed by atoms with van der Waals surface area (Å²) in [6, 6.07) is 5.80. The van der Waals surface area contributed by atoms with Crippen molar-refractivity contribution in [3.8, 4) is 0 Å². The summed E-state index contributed by atoms with van der Waals surface area (Å²) < 4.78 is 0. The van der Waals surface area contributed by atoms with Crippen LogP contribution < -0.4 is 0 Å². The topological polar surface area (TPSA) is 74.7 Å². The zero-order valence-corrected chi connectivity index (χ0v) is 13.7. The van der Waals surface area contributed by atoms with E-state index in [4.69, 9.17) is 5.11 Å². The number of carboxylic acid groups (broad SMARTS) is 1. The molecular formula is C18H23NO4. The van der Waals surface area contributed by atoms with E-state index in [1.165, 1.54) is 16.0 Å². The fourth-order valence-electron chi connectivity index (χ4n) is 2.89.